The molecule has 1 nitrogen and oxygen atoms in total. The predicted octanol–water partition coefficient (Wildman–Crippen LogP) is 5.07. The summed E-state index contributed by atoms with van der Waals surface area (Å²) >= 11 is 7.64. The standard InChI is InChI=1S/C16H17ClOS/c1-4-11-6-7-12(5-2)13(8-11)15(18)16-14(17)10(3)9-19-16/h6-9H,4-5H2,1-3H3. The van der Waals surface area contributed by atoms with Crippen molar-refractivity contribution in [2.75, 3.05) is 0 Å². The first kappa shape index (κ1) is 14.3. The first-order valence-corrected chi connectivity index (χ1v) is 7.74. The van der Waals surface area contributed by atoms with Crippen LogP contribution in [0.3, 0.4) is 0 Å². The van der Waals surface area contributed by atoms with Gasteiger partial charge in [-0.2, -0.15) is 0 Å². The van der Waals surface area contributed by atoms with Crippen LogP contribution in [-0.4, -0.2) is 5.78 Å². The quantitative estimate of drug-likeness (QED) is 0.719. The molecule has 0 aliphatic carbocycles. The molecule has 1 aromatic heterocycles. The van der Waals surface area contributed by atoms with Crippen LogP contribution in [0.25, 0.3) is 0 Å². The third-order valence-corrected chi connectivity index (χ3v) is 5.01. The molecule has 2 rings (SSSR count). The van der Waals surface area contributed by atoms with Crippen molar-refractivity contribution in [2.45, 2.75) is 33.6 Å². The summed E-state index contributed by atoms with van der Waals surface area (Å²) in [6, 6.07) is 6.16. The first-order chi connectivity index (χ1) is 9.08. The summed E-state index contributed by atoms with van der Waals surface area (Å²) in [5.74, 6) is 0.0512. The second-order valence-corrected chi connectivity index (χ2v) is 5.85. The Morgan fingerprint density at radius 3 is 2.53 bits per heavy atom. The van der Waals surface area contributed by atoms with E-state index in [0.717, 1.165) is 29.5 Å². The van der Waals surface area contributed by atoms with E-state index in [1.54, 1.807) is 0 Å². The zero-order chi connectivity index (χ0) is 14.0. The van der Waals surface area contributed by atoms with Gasteiger partial charge in [-0.05, 0) is 47.9 Å². The number of thiophene rings is 1. The van der Waals surface area contributed by atoms with Gasteiger partial charge in [-0.1, -0.05) is 37.6 Å². The molecule has 3 heteroatoms. The second-order valence-electron chi connectivity index (χ2n) is 4.59. The highest BCUT2D eigenvalue weighted by molar-refractivity contribution is 7.13. The number of carbonyl (C=O) groups excluding carboxylic acids is 1. The van der Waals surface area contributed by atoms with Crippen LogP contribution in [0.15, 0.2) is 23.6 Å². The summed E-state index contributed by atoms with van der Waals surface area (Å²) in [7, 11) is 0. The van der Waals surface area contributed by atoms with E-state index in [-0.39, 0.29) is 5.78 Å². The van der Waals surface area contributed by atoms with Gasteiger partial charge in [0.1, 0.15) is 0 Å². The monoisotopic (exact) mass is 292 g/mol. The Morgan fingerprint density at radius 1 is 1.26 bits per heavy atom. The Bertz CT molecular complexity index is 613. The Hall–Kier alpha value is -1.12. The van der Waals surface area contributed by atoms with Gasteiger partial charge in [-0.3, -0.25) is 4.79 Å². The summed E-state index contributed by atoms with van der Waals surface area (Å²) in [6.07, 6.45) is 1.79. The molecule has 0 fully saturated rings. The molecule has 2 aromatic rings. The lowest BCUT2D eigenvalue weighted by molar-refractivity contribution is 0.104. The van der Waals surface area contributed by atoms with Crippen molar-refractivity contribution in [1.82, 2.24) is 0 Å². The van der Waals surface area contributed by atoms with Gasteiger partial charge in [0.2, 0.25) is 5.78 Å². The van der Waals surface area contributed by atoms with Gasteiger partial charge in [-0.15, -0.1) is 11.3 Å². The van der Waals surface area contributed by atoms with Crippen LogP contribution in [0.5, 0.6) is 0 Å². The topological polar surface area (TPSA) is 17.1 Å². The van der Waals surface area contributed by atoms with Crippen LogP contribution in [0.2, 0.25) is 5.02 Å². The van der Waals surface area contributed by atoms with Crippen molar-refractivity contribution in [1.29, 1.82) is 0 Å². The molecule has 0 saturated carbocycles. The van der Waals surface area contributed by atoms with E-state index in [9.17, 15) is 4.79 Å². The predicted molar refractivity (Wildman–Crippen MR) is 82.7 cm³/mol. The summed E-state index contributed by atoms with van der Waals surface area (Å²) in [6.45, 7) is 6.09. The molecular formula is C16H17ClOS. The van der Waals surface area contributed by atoms with Crippen molar-refractivity contribution >= 4 is 28.7 Å². The maximum atomic E-state index is 12.7. The third-order valence-electron chi connectivity index (χ3n) is 3.31. The number of aryl methyl sites for hydroxylation is 3. The van der Waals surface area contributed by atoms with Crippen molar-refractivity contribution in [3.05, 3.63) is 55.7 Å². The van der Waals surface area contributed by atoms with Gasteiger partial charge < -0.3 is 0 Å². The molecule has 0 aliphatic heterocycles. The van der Waals surface area contributed by atoms with E-state index in [4.69, 9.17) is 11.6 Å². The number of carbonyl (C=O) groups is 1. The average molecular weight is 293 g/mol. The fraction of sp³-hybridized carbons (Fsp3) is 0.312. The van der Waals surface area contributed by atoms with Crippen LogP contribution in [0.4, 0.5) is 0 Å². The molecule has 0 saturated heterocycles. The van der Waals surface area contributed by atoms with Crippen LogP contribution in [0.1, 0.15) is 45.8 Å². The average Bonchev–Trinajstić information content (AvgIpc) is 2.77. The number of ketones is 1. The maximum absolute atomic E-state index is 12.7. The van der Waals surface area contributed by atoms with Crippen LogP contribution < -0.4 is 0 Å². The zero-order valence-electron chi connectivity index (χ0n) is 11.4. The Balaban J connectivity index is 2.51. The molecule has 0 atom stereocenters. The molecule has 0 N–H and O–H groups in total. The van der Waals surface area contributed by atoms with E-state index in [0.29, 0.717) is 9.90 Å². The van der Waals surface area contributed by atoms with Crippen molar-refractivity contribution in [2.24, 2.45) is 0 Å². The lowest BCUT2D eigenvalue weighted by Gasteiger charge is -2.08. The molecular weight excluding hydrogens is 276 g/mol. The minimum atomic E-state index is 0.0512. The minimum absolute atomic E-state index is 0.0512. The lowest BCUT2D eigenvalue weighted by atomic mass is 9.97. The highest BCUT2D eigenvalue weighted by Gasteiger charge is 2.19. The third kappa shape index (κ3) is 2.75. The summed E-state index contributed by atoms with van der Waals surface area (Å²) in [5.41, 5.74) is 4.04. The molecule has 0 radical (unpaired) electrons. The molecule has 0 amide bonds. The molecule has 1 aromatic carbocycles. The van der Waals surface area contributed by atoms with E-state index in [2.05, 4.69) is 26.0 Å². The van der Waals surface area contributed by atoms with Crippen molar-refractivity contribution in [3.63, 3.8) is 0 Å². The number of halogens is 1. The molecule has 0 aliphatic rings. The summed E-state index contributed by atoms with van der Waals surface area (Å²) in [4.78, 5) is 13.3. The van der Waals surface area contributed by atoms with Gasteiger partial charge in [0.25, 0.3) is 0 Å². The van der Waals surface area contributed by atoms with Gasteiger partial charge in [0.15, 0.2) is 0 Å². The Morgan fingerprint density at radius 2 is 2.00 bits per heavy atom. The second kappa shape index (κ2) is 5.89. The van der Waals surface area contributed by atoms with Crippen molar-refractivity contribution < 1.29 is 4.79 Å². The number of benzene rings is 1. The molecule has 1 heterocycles. The van der Waals surface area contributed by atoms with Crippen LogP contribution in [-0.2, 0) is 12.8 Å². The molecule has 0 unspecified atom stereocenters. The van der Waals surface area contributed by atoms with Crippen LogP contribution >= 0.6 is 22.9 Å². The van der Waals surface area contributed by atoms with Gasteiger partial charge >= 0.3 is 0 Å². The van der Waals surface area contributed by atoms with Gasteiger partial charge in [0.05, 0.1) is 9.90 Å². The Labute approximate surface area is 123 Å². The molecule has 100 valence electrons. The highest BCUT2D eigenvalue weighted by Crippen LogP contribution is 2.30. The van der Waals surface area contributed by atoms with Gasteiger partial charge in [-0.25, -0.2) is 0 Å². The molecule has 0 bridgehead atoms. The van der Waals surface area contributed by atoms with E-state index in [1.165, 1.54) is 16.9 Å². The largest absolute Gasteiger partial charge is 0.288 e. The normalized spacial score (nSPS) is 10.7. The fourth-order valence-electron chi connectivity index (χ4n) is 2.07. The first-order valence-electron chi connectivity index (χ1n) is 6.48. The van der Waals surface area contributed by atoms with E-state index in [1.807, 2.05) is 18.4 Å². The van der Waals surface area contributed by atoms with Gasteiger partial charge in [0, 0.05) is 5.56 Å². The minimum Gasteiger partial charge on any atom is -0.288 e. The molecule has 19 heavy (non-hydrogen) atoms. The number of rotatable bonds is 4. The zero-order valence-corrected chi connectivity index (χ0v) is 13.0. The van der Waals surface area contributed by atoms with E-state index >= 15 is 0 Å². The number of hydrogen-bond donors (Lipinski definition) is 0. The smallest absolute Gasteiger partial charge is 0.204 e. The van der Waals surface area contributed by atoms with E-state index < -0.39 is 0 Å². The Kier molecular flexibility index (Phi) is 4.43. The van der Waals surface area contributed by atoms with Crippen LogP contribution in [0, 0.1) is 6.92 Å². The fourth-order valence-corrected chi connectivity index (χ4v) is 3.30. The number of hydrogen-bond acceptors (Lipinski definition) is 2. The summed E-state index contributed by atoms with van der Waals surface area (Å²) < 4.78 is 0. The molecule has 0 spiro atoms. The summed E-state index contributed by atoms with van der Waals surface area (Å²) in [5, 5.41) is 2.53. The van der Waals surface area contributed by atoms with Crippen molar-refractivity contribution in [3.8, 4) is 0 Å². The lowest BCUT2D eigenvalue weighted by Crippen LogP contribution is -2.05. The maximum Gasteiger partial charge on any atom is 0.204 e. The highest BCUT2D eigenvalue weighted by atomic mass is 35.5. The SMILES string of the molecule is CCc1ccc(CC)c(C(=O)c2scc(C)c2Cl)c1.